The summed E-state index contributed by atoms with van der Waals surface area (Å²) in [5.74, 6) is 0.525. The molecule has 4 heteroatoms. The van der Waals surface area contributed by atoms with Crippen LogP contribution in [0.25, 0.3) is 0 Å². The highest BCUT2D eigenvalue weighted by Gasteiger charge is 2.04. The summed E-state index contributed by atoms with van der Waals surface area (Å²) < 4.78 is 0. The van der Waals surface area contributed by atoms with Crippen molar-refractivity contribution < 1.29 is 5.11 Å². The first-order valence-electron chi connectivity index (χ1n) is 2.72. The van der Waals surface area contributed by atoms with Gasteiger partial charge in [0.2, 0.25) is 0 Å². The monoisotopic (exact) mass is 127 g/mol. The second-order valence-electron chi connectivity index (χ2n) is 1.73. The highest BCUT2D eigenvalue weighted by atomic mass is 16.3. The van der Waals surface area contributed by atoms with Crippen LogP contribution in [0.2, 0.25) is 0 Å². The van der Waals surface area contributed by atoms with Crippen LogP contribution in [0.1, 0.15) is 11.9 Å². The number of nitrogens with one attached hydrogen (secondary N) is 1. The van der Waals surface area contributed by atoms with Gasteiger partial charge in [0, 0.05) is 18.9 Å². The Bertz CT molecular complexity index is 161. The lowest BCUT2D eigenvalue weighted by Crippen LogP contribution is -2.12. The normalized spacial score (nSPS) is 13.6. The molecule has 0 aliphatic heterocycles. The SMILES string of the molecule is NC[C@H](O)c1ncc[nH]1. The number of rotatable bonds is 2. The third kappa shape index (κ3) is 1.28. The highest BCUT2D eigenvalue weighted by Crippen LogP contribution is 2.01. The van der Waals surface area contributed by atoms with E-state index in [-0.39, 0.29) is 6.54 Å². The summed E-state index contributed by atoms with van der Waals surface area (Å²) in [5, 5.41) is 9.00. The molecule has 4 nitrogen and oxygen atoms in total. The lowest BCUT2D eigenvalue weighted by Gasteiger charge is -2.00. The number of nitrogens with zero attached hydrogens (tertiary/aromatic N) is 1. The van der Waals surface area contributed by atoms with Crippen molar-refractivity contribution in [2.24, 2.45) is 5.73 Å². The summed E-state index contributed by atoms with van der Waals surface area (Å²) in [6, 6.07) is 0. The van der Waals surface area contributed by atoms with Crippen LogP contribution >= 0.6 is 0 Å². The molecule has 0 aromatic carbocycles. The van der Waals surface area contributed by atoms with E-state index in [1.807, 2.05) is 0 Å². The van der Waals surface area contributed by atoms with Crippen molar-refractivity contribution in [2.75, 3.05) is 6.54 Å². The van der Waals surface area contributed by atoms with Gasteiger partial charge < -0.3 is 15.8 Å². The van der Waals surface area contributed by atoms with Crippen LogP contribution in [-0.4, -0.2) is 21.6 Å². The standard InChI is InChI=1S/C5H9N3O/c6-3-4(9)5-7-1-2-8-5/h1-2,4,9H,3,6H2,(H,7,8)/t4-/m0/s1. The lowest BCUT2D eigenvalue weighted by molar-refractivity contribution is 0.177. The molecule has 0 spiro atoms. The minimum Gasteiger partial charge on any atom is -0.384 e. The first kappa shape index (κ1) is 6.25. The first-order chi connectivity index (χ1) is 4.34. The second-order valence-corrected chi connectivity index (χ2v) is 1.73. The van der Waals surface area contributed by atoms with Crippen LogP contribution in [-0.2, 0) is 0 Å². The van der Waals surface area contributed by atoms with Gasteiger partial charge >= 0.3 is 0 Å². The second kappa shape index (κ2) is 2.61. The number of aromatic nitrogens is 2. The van der Waals surface area contributed by atoms with Gasteiger partial charge in [-0.15, -0.1) is 0 Å². The van der Waals surface area contributed by atoms with Crippen LogP contribution in [0.4, 0.5) is 0 Å². The number of nitrogens with two attached hydrogens (primary N) is 1. The predicted octanol–water partition coefficient (Wildman–Crippen LogP) is -0.598. The van der Waals surface area contributed by atoms with E-state index < -0.39 is 6.10 Å². The molecular weight excluding hydrogens is 118 g/mol. The highest BCUT2D eigenvalue weighted by molar-refractivity contribution is 4.91. The zero-order valence-electron chi connectivity index (χ0n) is 4.91. The summed E-state index contributed by atoms with van der Waals surface area (Å²) in [4.78, 5) is 6.55. The summed E-state index contributed by atoms with van der Waals surface area (Å²) in [6.45, 7) is 0.202. The molecule has 0 unspecified atom stereocenters. The molecule has 9 heavy (non-hydrogen) atoms. The number of aliphatic hydroxyl groups is 1. The molecule has 0 radical (unpaired) electrons. The molecule has 50 valence electrons. The van der Waals surface area contributed by atoms with Gasteiger partial charge in [0.25, 0.3) is 0 Å². The topological polar surface area (TPSA) is 74.9 Å². The van der Waals surface area contributed by atoms with Crippen molar-refractivity contribution in [3.63, 3.8) is 0 Å². The largest absolute Gasteiger partial charge is 0.384 e. The Balaban J connectivity index is 2.65. The predicted molar refractivity (Wildman–Crippen MR) is 32.6 cm³/mol. The summed E-state index contributed by atoms with van der Waals surface area (Å²) in [6.07, 6.45) is 2.57. The van der Waals surface area contributed by atoms with Gasteiger partial charge in [-0.05, 0) is 0 Å². The Hall–Kier alpha value is -0.870. The lowest BCUT2D eigenvalue weighted by atomic mass is 10.3. The maximum absolute atomic E-state index is 9.00. The van der Waals surface area contributed by atoms with Gasteiger partial charge in [0.05, 0.1) is 0 Å². The van der Waals surface area contributed by atoms with Gasteiger partial charge in [-0.25, -0.2) is 4.98 Å². The molecule has 0 aliphatic rings. The van der Waals surface area contributed by atoms with Crippen molar-refractivity contribution in [2.45, 2.75) is 6.10 Å². The summed E-state index contributed by atoms with van der Waals surface area (Å²) >= 11 is 0. The Labute approximate surface area is 52.7 Å². The first-order valence-corrected chi connectivity index (χ1v) is 2.72. The molecule has 1 aromatic rings. The van der Waals surface area contributed by atoms with Crippen molar-refractivity contribution in [3.05, 3.63) is 18.2 Å². The van der Waals surface area contributed by atoms with Crippen LogP contribution in [0.3, 0.4) is 0 Å². The van der Waals surface area contributed by atoms with E-state index in [4.69, 9.17) is 10.8 Å². The van der Waals surface area contributed by atoms with Gasteiger partial charge in [-0.3, -0.25) is 0 Å². The van der Waals surface area contributed by atoms with Crippen LogP contribution in [0.15, 0.2) is 12.4 Å². The third-order valence-electron chi connectivity index (χ3n) is 1.06. The number of H-pyrrole nitrogens is 1. The van der Waals surface area contributed by atoms with E-state index >= 15 is 0 Å². The van der Waals surface area contributed by atoms with Gasteiger partial charge in [0.15, 0.2) is 0 Å². The maximum Gasteiger partial charge on any atom is 0.136 e. The van der Waals surface area contributed by atoms with E-state index in [9.17, 15) is 0 Å². The van der Waals surface area contributed by atoms with Gasteiger partial charge in [-0.1, -0.05) is 0 Å². The van der Waals surface area contributed by atoms with Crippen molar-refractivity contribution >= 4 is 0 Å². The zero-order chi connectivity index (χ0) is 6.69. The minimum atomic E-state index is -0.653. The fourth-order valence-corrected chi connectivity index (χ4v) is 0.571. The van der Waals surface area contributed by atoms with E-state index in [1.54, 1.807) is 12.4 Å². The minimum absolute atomic E-state index is 0.202. The molecule has 4 N–H and O–H groups in total. The van der Waals surface area contributed by atoms with Gasteiger partial charge in [0.1, 0.15) is 11.9 Å². The molecule has 0 saturated carbocycles. The molecule has 1 heterocycles. The van der Waals surface area contributed by atoms with Crippen LogP contribution < -0.4 is 5.73 Å². The number of imidazole rings is 1. The average Bonchev–Trinajstić information content (AvgIpc) is 2.37. The maximum atomic E-state index is 9.00. The quantitative estimate of drug-likeness (QED) is 0.496. The van der Waals surface area contributed by atoms with E-state index in [0.29, 0.717) is 5.82 Å². The Morgan fingerprint density at radius 3 is 3.11 bits per heavy atom. The fraction of sp³-hybridized carbons (Fsp3) is 0.400. The molecule has 1 atom stereocenters. The third-order valence-corrected chi connectivity index (χ3v) is 1.06. The van der Waals surface area contributed by atoms with Crippen LogP contribution in [0.5, 0.6) is 0 Å². The van der Waals surface area contributed by atoms with Crippen LogP contribution in [0, 0.1) is 0 Å². The number of aliphatic hydroxyl groups excluding tert-OH is 1. The van der Waals surface area contributed by atoms with Crippen molar-refractivity contribution in [1.82, 2.24) is 9.97 Å². The number of aromatic amines is 1. The van der Waals surface area contributed by atoms with Crippen molar-refractivity contribution in [1.29, 1.82) is 0 Å². The summed E-state index contributed by atoms with van der Waals surface area (Å²) in [5.41, 5.74) is 5.15. The Morgan fingerprint density at radius 2 is 2.67 bits per heavy atom. The molecule has 0 bridgehead atoms. The number of hydrogen-bond acceptors (Lipinski definition) is 3. The fourth-order valence-electron chi connectivity index (χ4n) is 0.571. The average molecular weight is 127 g/mol. The number of hydrogen-bond donors (Lipinski definition) is 3. The van der Waals surface area contributed by atoms with Crippen molar-refractivity contribution in [3.8, 4) is 0 Å². The Kier molecular flexibility index (Phi) is 1.81. The van der Waals surface area contributed by atoms with E-state index in [1.165, 1.54) is 0 Å². The Morgan fingerprint density at radius 1 is 1.89 bits per heavy atom. The van der Waals surface area contributed by atoms with Gasteiger partial charge in [-0.2, -0.15) is 0 Å². The molecule has 1 aromatic heterocycles. The zero-order valence-corrected chi connectivity index (χ0v) is 4.91. The molecule has 0 fully saturated rings. The molecule has 0 amide bonds. The van der Waals surface area contributed by atoms with E-state index in [2.05, 4.69) is 9.97 Å². The smallest absolute Gasteiger partial charge is 0.136 e. The summed E-state index contributed by atoms with van der Waals surface area (Å²) in [7, 11) is 0. The molecule has 0 saturated heterocycles. The molecule has 0 aliphatic carbocycles. The van der Waals surface area contributed by atoms with E-state index in [0.717, 1.165) is 0 Å². The molecular formula is C5H9N3O. The molecule has 1 rings (SSSR count).